The first-order valence-corrected chi connectivity index (χ1v) is 7.20. The topological polar surface area (TPSA) is 49.3 Å². The molecule has 3 nitrogen and oxygen atoms in total. The van der Waals surface area contributed by atoms with E-state index in [0.717, 1.165) is 38.5 Å². The van der Waals surface area contributed by atoms with Gasteiger partial charge in [0.1, 0.15) is 0 Å². The van der Waals surface area contributed by atoms with E-state index in [9.17, 15) is 9.90 Å². The number of nitrogens with one attached hydrogen (secondary N) is 1. The summed E-state index contributed by atoms with van der Waals surface area (Å²) in [5.41, 5.74) is 1.41. The zero-order valence-corrected chi connectivity index (χ0v) is 11.5. The minimum Gasteiger partial charge on any atom is -0.393 e. The molecule has 0 spiro atoms. The third kappa shape index (κ3) is 3.35. The van der Waals surface area contributed by atoms with Crippen molar-refractivity contribution in [3.63, 3.8) is 0 Å². The van der Waals surface area contributed by atoms with Gasteiger partial charge >= 0.3 is 0 Å². The van der Waals surface area contributed by atoms with Crippen LogP contribution in [-0.2, 0) is 4.79 Å². The van der Waals surface area contributed by atoms with Crippen molar-refractivity contribution in [1.29, 1.82) is 0 Å². The normalized spacial score (nSPS) is 36.9. The molecule has 0 aromatic rings. The van der Waals surface area contributed by atoms with Gasteiger partial charge < -0.3 is 10.4 Å². The van der Waals surface area contributed by atoms with E-state index in [1.165, 1.54) is 5.57 Å². The van der Waals surface area contributed by atoms with Gasteiger partial charge in [0, 0.05) is 12.0 Å². The van der Waals surface area contributed by atoms with Gasteiger partial charge in [0.2, 0.25) is 5.91 Å². The average molecular weight is 251 g/mol. The van der Waals surface area contributed by atoms with Crippen LogP contribution in [0.25, 0.3) is 0 Å². The monoisotopic (exact) mass is 251 g/mol. The van der Waals surface area contributed by atoms with E-state index in [4.69, 9.17) is 0 Å². The third-order valence-electron chi connectivity index (χ3n) is 4.43. The van der Waals surface area contributed by atoms with Crippen LogP contribution in [0.4, 0.5) is 0 Å². The molecule has 18 heavy (non-hydrogen) atoms. The molecule has 1 amide bonds. The minimum absolute atomic E-state index is 0.139. The summed E-state index contributed by atoms with van der Waals surface area (Å²) in [5, 5.41) is 12.6. The summed E-state index contributed by atoms with van der Waals surface area (Å²) < 4.78 is 0. The number of hydrogen-bond donors (Lipinski definition) is 2. The van der Waals surface area contributed by atoms with Crippen LogP contribution in [-0.4, -0.2) is 23.2 Å². The fourth-order valence-electron chi connectivity index (χ4n) is 3.19. The number of aliphatic hydroxyl groups excluding tert-OH is 1. The van der Waals surface area contributed by atoms with Crippen LogP contribution in [0, 0.1) is 11.8 Å². The number of carbonyl (C=O) groups is 1. The van der Waals surface area contributed by atoms with Crippen molar-refractivity contribution in [3.05, 3.63) is 11.6 Å². The van der Waals surface area contributed by atoms with Gasteiger partial charge in [-0.2, -0.15) is 0 Å². The van der Waals surface area contributed by atoms with Crippen molar-refractivity contribution in [1.82, 2.24) is 5.32 Å². The largest absolute Gasteiger partial charge is 0.393 e. The van der Waals surface area contributed by atoms with Gasteiger partial charge in [0.05, 0.1) is 6.10 Å². The van der Waals surface area contributed by atoms with E-state index >= 15 is 0 Å². The van der Waals surface area contributed by atoms with Gasteiger partial charge in [-0.1, -0.05) is 18.6 Å². The average Bonchev–Trinajstić information content (AvgIpc) is 2.32. The lowest BCUT2D eigenvalue weighted by Gasteiger charge is -2.31. The summed E-state index contributed by atoms with van der Waals surface area (Å²) in [7, 11) is 0. The van der Waals surface area contributed by atoms with Crippen LogP contribution in [0.2, 0.25) is 0 Å². The molecule has 2 aliphatic rings. The second kappa shape index (κ2) is 5.87. The molecule has 0 bridgehead atoms. The first kappa shape index (κ1) is 13.6. The Morgan fingerprint density at radius 1 is 1.33 bits per heavy atom. The minimum atomic E-state index is -0.155. The van der Waals surface area contributed by atoms with Crippen LogP contribution >= 0.6 is 0 Å². The molecule has 2 atom stereocenters. The summed E-state index contributed by atoms with van der Waals surface area (Å²) in [4.78, 5) is 12.3. The molecule has 0 unspecified atom stereocenters. The maximum Gasteiger partial charge on any atom is 0.223 e. The number of carbonyl (C=O) groups excluding carboxylic acids is 1. The molecule has 0 aliphatic heterocycles. The lowest BCUT2D eigenvalue weighted by Crippen LogP contribution is -2.43. The molecule has 2 rings (SSSR count). The van der Waals surface area contributed by atoms with E-state index in [1.807, 2.05) is 0 Å². The highest BCUT2D eigenvalue weighted by Gasteiger charge is 2.29. The van der Waals surface area contributed by atoms with Crippen LogP contribution in [0.5, 0.6) is 0 Å². The zero-order chi connectivity index (χ0) is 13.1. The number of aliphatic hydroxyl groups is 1. The predicted octanol–water partition coefficient (Wildman–Crippen LogP) is 2.40. The number of hydrogen-bond acceptors (Lipinski definition) is 2. The fraction of sp³-hybridized carbons (Fsp3) is 0.800. The van der Waals surface area contributed by atoms with Crippen LogP contribution in [0.15, 0.2) is 11.6 Å². The first-order chi connectivity index (χ1) is 8.56. The molecule has 0 radical (unpaired) electrons. The van der Waals surface area contributed by atoms with Crippen LogP contribution in [0.1, 0.15) is 52.4 Å². The summed E-state index contributed by atoms with van der Waals surface area (Å²) in [5.74, 6) is 0.803. The summed E-state index contributed by atoms with van der Waals surface area (Å²) in [6.07, 6.45) is 7.46. The molecule has 2 N–H and O–H groups in total. The molecule has 1 saturated carbocycles. The Morgan fingerprint density at radius 2 is 2.00 bits per heavy atom. The molecule has 102 valence electrons. The van der Waals surface area contributed by atoms with Gasteiger partial charge in [-0.3, -0.25) is 4.79 Å². The molecule has 0 aromatic heterocycles. The molecular weight excluding hydrogens is 226 g/mol. The van der Waals surface area contributed by atoms with Crippen LogP contribution in [0.3, 0.4) is 0 Å². The Morgan fingerprint density at radius 3 is 2.61 bits per heavy atom. The van der Waals surface area contributed by atoms with E-state index in [0.29, 0.717) is 5.92 Å². The van der Waals surface area contributed by atoms with E-state index in [2.05, 4.69) is 25.2 Å². The fourth-order valence-corrected chi connectivity index (χ4v) is 3.19. The van der Waals surface area contributed by atoms with Crippen LogP contribution < -0.4 is 5.32 Å². The van der Waals surface area contributed by atoms with Crippen molar-refractivity contribution in [3.8, 4) is 0 Å². The smallest absolute Gasteiger partial charge is 0.223 e. The van der Waals surface area contributed by atoms with Gasteiger partial charge in [-0.15, -0.1) is 0 Å². The lowest BCUT2D eigenvalue weighted by atomic mass is 9.80. The Bertz CT molecular complexity index is 329. The van der Waals surface area contributed by atoms with Crippen molar-refractivity contribution in [2.45, 2.75) is 64.5 Å². The molecule has 1 fully saturated rings. The highest BCUT2D eigenvalue weighted by Crippen LogP contribution is 2.29. The molecule has 3 heteroatoms. The summed E-state index contributed by atoms with van der Waals surface area (Å²) in [6.45, 7) is 4.32. The van der Waals surface area contributed by atoms with Crippen molar-refractivity contribution in [2.24, 2.45) is 11.8 Å². The van der Waals surface area contributed by atoms with E-state index in [1.54, 1.807) is 0 Å². The Hall–Kier alpha value is -0.830. The molecular formula is C15H25NO2. The molecule has 2 aliphatic carbocycles. The van der Waals surface area contributed by atoms with E-state index < -0.39 is 0 Å². The molecule has 0 heterocycles. The highest BCUT2D eigenvalue weighted by molar-refractivity contribution is 5.79. The third-order valence-corrected chi connectivity index (χ3v) is 4.43. The second-order valence-electron chi connectivity index (χ2n) is 6.09. The summed E-state index contributed by atoms with van der Waals surface area (Å²) >= 11 is 0. The van der Waals surface area contributed by atoms with Gasteiger partial charge in [0.25, 0.3) is 0 Å². The van der Waals surface area contributed by atoms with Crippen molar-refractivity contribution >= 4 is 5.91 Å². The lowest BCUT2D eigenvalue weighted by molar-refractivity contribution is -0.127. The van der Waals surface area contributed by atoms with Gasteiger partial charge in [-0.05, 0) is 51.4 Å². The Kier molecular flexibility index (Phi) is 4.44. The summed E-state index contributed by atoms with van der Waals surface area (Å²) in [6, 6.07) is 0.278. The van der Waals surface area contributed by atoms with Crippen molar-refractivity contribution < 1.29 is 9.90 Å². The maximum absolute atomic E-state index is 12.3. The SMILES string of the molecule is CC1=CC[C@@H](C(=O)NC2CCC(O)CC2)[C@H](C)C1. The number of allylic oxidation sites excluding steroid dienone is 2. The first-order valence-electron chi connectivity index (χ1n) is 7.20. The Labute approximate surface area is 110 Å². The molecule has 0 aromatic carbocycles. The van der Waals surface area contributed by atoms with Crippen molar-refractivity contribution in [2.75, 3.05) is 0 Å². The number of amides is 1. The standard InChI is InChI=1S/C15H25NO2/c1-10-3-8-14(11(2)9-10)15(18)16-12-4-6-13(17)7-5-12/h3,11-14,17H,4-9H2,1-2H3,(H,16,18)/t11-,12?,13?,14-/m1/s1. The van der Waals surface area contributed by atoms with E-state index in [-0.39, 0.29) is 24.0 Å². The number of rotatable bonds is 2. The van der Waals surface area contributed by atoms with Gasteiger partial charge in [-0.25, -0.2) is 0 Å². The predicted molar refractivity (Wildman–Crippen MR) is 72.1 cm³/mol. The highest BCUT2D eigenvalue weighted by atomic mass is 16.3. The second-order valence-corrected chi connectivity index (χ2v) is 6.09. The van der Waals surface area contributed by atoms with Gasteiger partial charge in [0.15, 0.2) is 0 Å². The zero-order valence-electron chi connectivity index (χ0n) is 11.5. The quantitative estimate of drug-likeness (QED) is 0.740. The Balaban J connectivity index is 1.84. The maximum atomic E-state index is 12.3. The molecule has 0 saturated heterocycles.